The summed E-state index contributed by atoms with van der Waals surface area (Å²) < 4.78 is 1.55. The molecule has 0 atom stereocenters. The number of rotatable bonds is 5. The van der Waals surface area contributed by atoms with Crippen molar-refractivity contribution < 1.29 is 4.79 Å². The number of amides is 1. The van der Waals surface area contributed by atoms with E-state index < -0.39 is 0 Å². The Hall–Kier alpha value is -3.22. The monoisotopic (exact) mass is 322 g/mol. The van der Waals surface area contributed by atoms with Gasteiger partial charge in [-0.2, -0.15) is 5.10 Å². The number of hydrogen-bond acceptors (Lipinski definition) is 5. The minimum absolute atomic E-state index is 0.0669. The lowest BCUT2D eigenvalue weighted by molar-refractivity contribution is -0.121. The fourth-order valence-corrected chi connectivity index (χ4v) is 2.24. The van der Waals surface area contributed by atoms with Gasteiger partial charge in [0.1, 0.15) is 12.1 Å². The highest BCUT2D eigenvalue weighted by molar-refractivity contribution is 5.83. The van der Waals surface area contributed by atoms with Gasteiger partial charge in [-0.15, -0.1) is 5.10 Å². The molecule has 0 fully saturated rings. The van der Waals surface area contributed by atoms with E-state index in [9.17, 15) is 4.79 Å². The Morgan fingerprint density at radius 1 is 1.21 bits per heavy atom. The van der Waals surface area contributed by atoms with Crippen LogP contribution in [0.5, 0.6) is 0 Å². The van der Waals surface area contributed by atoms with Gasteiger partial charge in [-0.1, -0.05) is 29.5 Å². The number of para-hydroxylation sites is 1. The lowest BCUT2D eigenvalue weighted by Crippen LogP contribution is -2.23. The summed E-state index contributed by atoms with van der Waals surface area (Å²) in [7, 11) is 3.97. The topological polar surface area (TPSA) is 75.4 Å². The van der Waals surface area contributed by atoms with Gasteiger partial charge in [-0.05, 0) is 29.8 Å². The van der Waals surface area contributed by atoms with E-state index in [1.807, 2.05) is 67.5 Å². The summed E-state index contributed by atoms with van der Waals surface area (Å²) in [5, 5.41) is 12.0. The van der Waals surface area contributed by atoms with Crippen LogP contribution in [-0.2, 0) is 11.3 Å². The Morgan fingerprint density at radius 3 is 2.71 bits per heavy atom. The number of anilines is 1. The summed E-state index contributed by atoms with van der Waals surface area (Å²) in [6.07, 6.45) is 1.61. The van der Waals surface area contributed by atoms with Gasteiger partial charge in [0.25, 0.3) is 5.91 Å². The number of hydrogen-bond donors (Lipinski definition) is 1. The molecule has 3 aromatic rings. The van der Waals surface area contributed by atoms with Crippen LogP contribution < -0.4 is 10.3 Å². The number of carbonyl (C=O) groups excluding carboxylic acids is 1. The van der Waals surface area contributed by atoms with Gasteiger partial charge < -0.3 is 4.90 Å². The van der Waals surface area contributed by atoms with E-state index in [-0.39, 0.29) is 12.5 Å². The highest BCUT2D eigenvalue weighted by Crippen LogP contribution is 2.11. The molecule has 24 heavy (non-hydrogen) atoms. The van der Waals surface area contributed by atoms with Crippen LogP contribution in [0.15, 0.2) is 53.6 Å². The molecule has 7 heteroatoms. The molecule has 0 aliphatic rings. The molecule has 0 radical (unpaired) electrons. The van der Waals surface area contributed by atoms with Crippen LogP contribution in [0.1, 0.15) is 5.56 Å². The average Bonchev–Trinajstić information content (AvgIpc) is 2.98. The molecule has 0 bridgehead atoms. The first-order chi connectivity index (χ1) is 11.6. The molecular formula is C17H18N6O. The van der Waals surface area contributed by atoms with Gasteiger partial charge in [0.15, 0.2) is 0 Å². The quantitative estimate of drug-likeness (QED) is 0.572. The van der Waals surface area contributed by atoms with E-state index >= 15 is 0 Å². The molecule has 0 unspecified atom stereocenters. The van der Waals surface area contributed by atoms with Crippen LogP contribution in [0.25, 0.3) is 11.0 Å². The molecular weight excluding hydrogens is 304 g/mol. The maximum absolute atomic E-state index is 12.0. The standard InChI is InChI=1S/C17H18N6O/c1-22(2)14-9-7-13(8-10-14)11-18-20-17(24)12-23-16-6-4-3-5-15(16)19-21-23/h3-11H,12H2,1-2H3,(H,20,24)/b18-11-. The minimum atomic E-state index is -0.258. The van der Waals surface area contributed by atoms with E-state index in [0.29, 0.717) is 0 Å². The molecule has 1 amide bonds. The first kappa shape index (κ1) is 15.7. The Balaban J connectivity index is 1.59. The number of nitrogens with one attached hydrogen (secondary N) is 1. The average molecular weight is 322 g/mol. The van der Waals surface area contributed by atoms with Crippen LogP contribution in [0, 0.1) is 0 Å². The SMILES string of the molecule is CN(C)c1ccc(/C=N\NC(=O)Cn2nnc3ccccc32)cc1. The molecule has 3 rings (SSSR count). The third-order valence-electron chi connectivity index (χ3n) is 3.53. The van der Waals surface area contributed by atoms with Gasteiger partial charge in [0.2, 0.25) is 0 Å². The summed E-state index contributed by atoms with van der Waals surface area (Å²) in [4.78, 5) is 14.0. The second-order valence-electron chi connectivity index (χ2n) is 5.51. The number of nitrogens with zero attached hydrogens (tertiary/aromatic N) is 5. The number of aromatic nitrogens is 3. The largest absolute Gasteiger partial charge is 0.378 e. The zero-order valence-corrected chi connectivity index (χ0v) is 13.5. The zero-order valence-electron chi connectivity index (χ0n) is 13.5. The normalized spacial score (nSPS) is 11.1. The Kier molecular flexibility index (Phi) is 4.51. The van der Waals surface area contributed by atoms with Crippen molar-refractivity contribution in [3.8, 4) is 0 Å². The van der Waals surface area contributed by atoms with Crippen molar-refractivity contribution >= 4 is 28.8 Å². The van der Waals surface area contributed by atoms with Crippen LogP contribution in [0.2, 0.25) is 0 Å². The van der Waals surface area contributed by atoms with Crippen LogP contribution in [-0.4, -0.2) is 41.2 Å². The third-order valence-corrected chi connectivity index (χ3v) is 3.53. The molecule has 0 saturated carbocycles. The Morgan fingerprint density at radius 2 is 1.96 bits per heavy atom. The molecule has 7 nitrogen and oxygen atoms in total. The second-order valence-corrected chi connectivity index (χ2v) is 5.51. The van der Waals surface area contributed by atoms with E-state index in [1.54, 1.807) is 10.9 Å². The lowest BCUT2D eigenvalue weighted by Gasteiger charge is -2.11. The number of carbonyl (C=O) groups is 1. The highest BCUT2D eigenvalue weighted by atomic mass is 16.2. The second kappa shape index (κ2) is 6.91. The zero-order chi connectivity index (χ0) is 16.9. The molecule has 0 aliphatic carbocycles. The summed E-state index contributed by atoms with van der Waals surface area (Å²) in [6.45, 7) is 0.0669. The van der Waals surface area contributed by atoms with Gasteiger partial charge >= 0.3 is 0 Å². The summed E-state index contributed by atoms with van der Waals surface area (Å²) in [6, 6.07) is 15.4. The molecule has 1 aromatic heterocycles. The molecule has 0 aliphatic heterocycles. The minimum Gasteiger partial charge on any atom is -0.378 e. The predicted octanol–water partition coefficient (Wildman–Crippen LogP) is 1.65. The van der Waals surface area contributed by atoms with Gasteiger partial charge in [-0.25, -0.2) is 10.1 Å². The van der Waals surface area contributed by atoms with E-state index in [4.69, 9.17) is 0 Å². The fourth-order valence-electron chi connectivity index (χ4n) is 2.24. The van der Waals surface area contributed by atoms with Gasteiger partial charge in [0.05, 0.1) is 11.7 Å². The highest BCUT2D eigenvalue weighted by Gasteiger charge is 2.07. The van der Waals surface area contributed by atoms with Crippen molar-refractivity contribution in [2.45, 2.75) is 6.54 Å². The smallest absolute Gasteiger partial charge is 0.261 e. The lowest BCUT2D eigenvalue weighted by atomic mass is 10.2. The van der Waals surface area contributed by atoms with Crippen molar-refractivity contribution in [2.75, 3.05) is 19.0 Å². The number of benzene rings is 2. The molecule has 1 N–H and O–H groups in total. The molecule has 122 valence electrons. The molecule has 0 saturated heterocycles. The first-order valence-corrected chi connectivity index (χ1v) is 7.51. The van der Waals surface area contributed by atoms with Crippen molar-refractivity contribution in [2.24, 2.45) is 5.10 Å². The number of hydrazone groups is 1. The summed E-state index contributed by atoms with van der Waals surface area (Å²) in [5.74, 6) is -0.258. The van der Waals surface area contributed by atoms with Crippen molar-refractivity contribution in [1.82, 2.24) is 20.4 Å². The van der Waals surface area contributed by atoms with Crippen LogP contribution in [0.3, 0.4) is 0 Å². The van der Waals surface area contributed by atoms with Crippen LogP contribution >= 0.6 is 0 Å². The Labute approximate surface area is 139 Å². The van der Waals surface area contributed by atoms with Crippen molar-refractivity contribution in [3.63, 3.8) is 0 Å². The van der Waals surface area contributed by atoms with E-state index in [0.717, 1.165) is 22.3 Å². The van der Waals surface area contributed by atoms with Crippen LogP contribution in [0.4, 0.5) is 5.69 Å². The first-order valence-electron chi connectivity index (χ1n) is 7.51. The molecule has 1 heterocycles. The van der Waals surface area contributed by atoms with E-state index in [1.165, 1.54) is 0 Å². The molecule has 0 spiro atoms. The third kappa shape index (κ3) is 3.57. The predicted molar refractivity (Wildman–Crippen MR) is 94.0 cm³/mol. The maximum atomic E-state index is 12.0. The van der Waals surface area contributed by atoms with Gasteiger partial charge in [-0.3, -0.25) is 4.79 Å². The maximum Gasteiger partial charge on any atom is 0.261 e. The van der Waals surface area contributed by atoms with Crippen molar-refractivity contribution in [3.05, 3.63) is 54.1 Å². The van der Waals surface area contributed by atoms with Gasteiger partial charge in [0, 0.05) is 19.8 Å². The molecule has 2 aromatic carbocycles. The van der Waals surface area contributed by atoms with Crippen molar-refractivity contribution in [1.29, 1.82) is 0 Å². The number of fused-ring (bicyclic) bond motifs is 1. The summed E-state index contributed by atoms with van der Waals surface area (Å²) >= 11 is 0. The summed E-state index contributed by atoms with van der Waals surface area (Å²) in [5.41, 5.74) is 6.09. The van der Waals surface area contributed by atoms with E-state index in [2.05, 4.69) is 20.8 Å². The Bertz CT molecular complexity index is 866. The fraction of sp³-hybridized carbons (Fsp3) is 0.176.